The zero-order valence-electron chi connectivity index (χ0n) is 12.0. The molecule has 1 saturated carbocycles. The first-order valence-electron chi connectivity index (χ1n) is 7.26. The van der Waals surface area contributed by atoms with Crippen LogP contribution in [0, 0.1) is 5.41 Å². The number of carbonyl (C=O) groups is 1. The van der Waals surface area contributed by atoms with E-state index in [2.05, 4.69) is 25.7 Å². The van der Waals surface area contributed by atoms with Gasteiger partial charge in [-0.05, 0) is 38.0 Å². The molecule has 102 valence electrons. The van der Waals surface area contributed by atoms with Crippen molar-refractivity contribution in [2.24, 2.45) is 5.41 Å². The second-order valence-corrected chi connectivity index (χ2v) is 11.4. The number of hydrogen-bond donors (Lipinski definition) is 0. The molecule has 3 rings (SSSR count). The molecule has 0 amide bonds. The third-order valence-corrected chi connectivity index (χ3v) is 5.35. The first-order chi connectivity index (χ1) is 8.94. The van der Waals surface area contributed by atoms with Crippen LogP contribution in [0.5, 0.6) is 0 Å². The monoisotopic (exact) mass is 274 g/mol. The van der Waals surface area contributed by atoms with Gasteiger partial charge in [0.2, 0.25) is 0 Å². The molecule has 1 fully saturated rings. The number of ketones is 1. The van der Waals surface area contributed by atoms with E-state index >= 15 is 0 Å². The van der Waals surface area contributed by atoms with Gasteiger partial charge in [0.25, 0.3) is 0 Å². The molecule has 0 heterocycles. The van der Waals surface area contributed by atoms with Crippen LogP contribution in [0.15, 0.2) is 24.3 Å². The van der Waals surface area contributed by atoms with Crippen LogP contribution in [-0.2, 0) is 4.43 Å². The normalized spacial score (nSPS) is 25.0. The Balaban J connectivity index is 2.09. The van der Waals surface area contributed by atoms with Crippen molar-refractivity contribution in [2.45, 2.75) is 51.4 Å². The Kier molecular flexibility index (Phi) is 2.95. The molecule has 0 N–H and O–H groups in total. The summed E-state index contributed by atoms with van der Waals surface area (Å²) in [7, 11) is -1.67. The van der Waals surface area contributed by atoms with Crippen molar-refractivity contribution in [3.05, 3.63) is 35.4 Å². The molecule has 1 spiro atoms. The van der Waals surface area contributed by atoms with Gasteiger partial charge in [0.15, 0.2) is 14.1 Å². The topological polar surface area (TPSA) is 26.3 Å². The Morgan fingerprint density at radius 3 is 2.42 bits per heavy atom. The second kappa shape index (κ2) is 4.28. The number of carbonyl (C=O) groups excluding carboxylic acids is 1. The summed E-state index contributed by atoms with van der Waals surface area (Å²) < 4.78 is 6.45. The Bertz CT molecular complexity index is 510. The van der Waals surface area contributed by atoms with Gasteiger partial charge in [-0.25, -0.2) is 0 Å². The van der Waals surface area contributed by atoms with Gasteiger partial charge in [-0.3, -0.25) is 4.79 Å². The highest BCUT2D eigenvalue weighted by atomic mass is 28.4. The number of hydrogen-bond acceptors (Lipinski definition) is 2. The van der Waals surface area contributed by atoms with Gasteiger partial charge in [-0.15, -0.1) is 0 Å². The molecule has 1 atom stereocenters. The van der Waals surface area contributed by atoms with E-state index in [1.54, 1.807) is 0 Å². The van der Waals surface area contributed by atoms with Gasteiger partial charge in [0.05, 0.1) is 11.5 Å². The second-order valence-electron chi connectivity index (χ2n) is 6.89. The van der Waals surface area contributed by atoms with Gasteiger partial charge in [-0.1, -0.05) is 37.1 Å². The van der Waals surface area contributed by atoms with E-state index in [4.69, 9.17) is 4.43 Å². The maximum Gasteiger partial charge on any atom is 0.184 e. The van der Waals surface area contributed by atoms with Crippen LogP contribution in [0.4, 0.5) is 0 Å². The highest BCUT2D eigenvalue weighted by Crippen LogP contribution is 2.57. The van der Waals surface area contributed by atoms with E-state index in [-0.39, 0.29) is 11.5 Å². The lowest BCUT2D eigenvalue weighted by Crippen LogP contribution is -2.36. The first-order valence-corrected chi connectivity index (χ1v) is 10.7. The summed E-state index contributed by atoms with van der Waals surface area (Å²) in [5, 5.41) is 0. The molecular weight excluding hydrogens is 252 g/mol. The summed E-state index contributed by atoms with van der Waals surface area (Å²) in [5.41, 5.74) is 1.80. The van der Waals surface area contributed by atoms with Crippen LogP contribution in [0.1, 0.15) is 47.7 Å². The van der Waals surface area contributed by atoms with Crippen LogP contribution >= 0.6 is 0 Å². The molecule has 1 aromatic carbocycles. The van der Waals surface area contributed by atoms with Crippen LogP contribution in [0.25, 0.3) is 0 Å². The van der Waals surface area contributed by atoms with Crippen LogP contribution in [0.3, 0.4) is 0 Å². The molecule has 0 saturated heterocycles. The van der Waals surface area contributed by atoms with E-state index in [0.717, 1.165) is 36.8 Å². The van der Waals surface area contributed by atoms with Gasteiger partial charge in [-0.2, -0.15) is 0 Å². The molecular formula is C16H22O2Si. The molecule has 0 radical (unpaired) electrons. The van der Waals surface area contributed by atoms with Crippen molar-refractivity contribution in [3.8, 4) is 0 Å². The molecule has 0 aliphatic heterocycles. The molecule has 2 aliphatic carbocycles. The first kappa shape index (κ1) is 13.1. The maximum atomic E-state index is 12.9. The largest absolute Gasteiger partial charge is 0.410 e. The summed E-state index contributed by atoms with van der Waals surface area (Å²) in [6.07, 6.45) is 4.31. The summed E-state index contributed by atoms with van der Waals surface area (Å²) in [4.78, 5) is 12.9. The number of Topliss-reactive ketones (excluding diaryl/α,β-unsaturated/α-hetero) is 1. The van der Waals surface area contributed by atoms with E-state index in [1.807, 2.05) is 18.2 Å². The summed E-state index contributed by atoms with van der Waals surface area (Å²) in [6.45, 7) is 6.63. The van der Waals surface area contributed by atoms with Gasteiger partial charge < -0.3 is 4.43 Å². The summed E-state index contributed by atoms with van der Waals surface area (Å²) in [5.74, 6) is 0.337. The third kappa shape index (κ3) is 2.00. The van der Waals surface area contributed by atoms with E-state index in [9.17, 15) is 4.79 Å². The molecule has 0 aromatic heterocycles. The SMILES string of the molecule is C[Si](C)(C)O[C@H]1c2ccccc2C(=O)C12CCCC2. The highest BCUT2D eigenvalue weighted by Gasteiger charge is 2.55. The van der Waals surface area contributed by atoms with E-state index in [0.29, 0.717) is 5.78 Å². The number of benzene rings is 1. The minimum Gasteiger partial charge on any atom is -0.410 e. The lowest BCUT2D eigenvalue weighted by Gasteiger charge is -2.34. The van der Waals surface area contributed by atoms with Crippen LogP contribution in [0.2, 0.25) is 19.6 Å². The molecule has 2 aliphatic rings. The fraction of sp³-hybridized carbons (Fsp3) is 0.562. The fourth-order valence-corrected chi connectivity index (χ4v) is 4.70. The average Bonchev–Trinajstić information content (AvgIpc) is 2.91. The minimum atomic E-state index is -1.67. The van der Waals surface area contributed by atoms with Gasteiger partial charge in [0, 0.05) is 5.56 Å². The average molecular weight is 274 g/mol. The summed E-state index contributed by atoms with van der Waals surface area (Å²) >= 11 is 0. The van der Waals surface area contributed by atoms with Gasteiger partial charge >= 0.3 is 0 Å². The molecule has 2 nitrogen and oxygen atoms in total. The predicted octanol–water partition coefficient (Wildman–Crippen LogP) is 4.34. The number of rotatable bonds is 2. The fourth-order valence-electron chi connectivity index (χ4n) is 3.64. The Morgan fingerprint density at radius 2 is 1.79 bits per heavy atom. The smallest absolute Gasteiger partial charge is 0.184 e. The van der Waals surface area contributed by atoms with Crippen LogP contribution < -0.4 is 0 Å². The van der Waals surface area contributed by atoms with Gasteiger partial charge in [0.1, 0.15) is 0 Å². The van der Waals surface area contributed by atoms with E-state index < -0.39 is 8.32 Å². The van der Waals surface area contributed by atoms with Crippen molar-refractivity contribution < 1.29 is 9.22 Å². The maximum absolute atomic E-state index is 12.9. The predicted molar refractivity (Wildman–Crippen MR) is 78.8 cm³/mol. The Labute approximate surface area is 116 Å². The van der Waals surface area contributed by atoms with Crippen molar-refractivity contribution in [1.82, 2.24) is 0 Å². The lowest BCUT2D eigenvalue weighted by molar-refractivity contribution is 0.0446. The molecule has 0 bridgehead atoms. The zero-order chi connectivity index (χ0) is 13.7. The number of fused-ring (bicyclic) bond motifs is 1. The lowest BCUT2D eigenvalue weighted by atomic mass is 9.80. The zero-order valence-corrected chi connectivity index (χ0v) is 13.0. The quantitative estimate of drug-likeness (QED) is 0.750. The van der Waals surface area contributed by atoms with Crippen LogP contribution in [-0.4, -0.2) is 14.1 Å². The minimum absolute atomic E-state index is 0.00497. The van der Waals surface area contributed by atoms with E-state index in [1.165, 1.54) is 0 Å². The highest BCUT2D eigenvalue weighted by molar-refractivity contribution is 6.69. The standard InChI is InChI=1S/C16H22O2Si/c1-19(2,3)18-15-13-9-5-4-8-12(13)14(17)16(15)10-6-7-11-16/h4-5,8-9,15H,6-7,10-11H2,1-3H3/t15-/m0/s1. The van der Waals surface area contributed by atoms with Crippen molar-refractivity contribution in [3.63, 3.8) is 0 Å². The molecule has 19 heavy (non-hydrogen) atoms. The summed E-state index contributed by atoms with van der Waals surface area (Å²) in [6, 6.07) is 8.06. The third-order valence-electron chi connectivity index (χ3n) is 4.41. The Morgan fingerprint density at radius 1 is 1.16 bits per heavy atom. The molecule has 0 unspecified atom stereocenters. The molecule has 1 aromatic rings. The van der Waals surface area contributed by atoms with Crippen molar-refractivity contribution >= 4 is 14.1 Å². The van der Waals surface area contributed by atoms with Crippen molar-refractivity contribution in [1.29, 1.82) is 0 Å². The Hall–Kier alpha value is -0.933. The molecule has 3 heteroatoms. The van der Waals surface area contributed by atoms with Crippen molar-refractivity contribution in [2.75, 3.05) is 0 Å².